The fourth-order valence-electron chi connectivity index (χ4n) is 3.24. The Kier molecular flexibility index (Phi) is 7.11. The number of carbonyl (C=O) groups is 1. The highest BCUT2D eigenvalue weighted by Crippen LogP contribution is 2.31. The van der Waals surface area contributed by atoms with Gasteiger partial charge in [-0.25, -0.2) is 8.42 Å². The summed E-state index contributed by atoms with van der Waals surface area (Å²) < 4.78 is 33.5. The molecule has 3 aromatic carbocycles. The van der Waals surface area contributed by atoms with Crippen LogP contribution in [0.15, 0.2) is 65.6 Å². The van der Waals surface area contributed by atoms with E-state index in [9.17, 15) is 13.2 Å². The molecule has 0 aliphatic heterocycles. The smallest absolute Gasteiger partial charge is 0.264 e. The first-order valence-electron chi connectivity index (χ1n) is 9.92. The maximum atomic E-state index is 13.6. The molecule has 3 rings (SSSR count). The third kappa shape index (κ3) is 5.06. The second kappa shape index (κ2) is 9.63. The van der Waals surface area contributed by atoms with Gasteiger partial charge in [0.15, 0.2) is 0 Å². The molecule has 0 saturated heterocycles. The average Bonchev–Trinajstić information content (AvgIpc) is 2.75. The Bertz CT molecular complexity index is 1240. The number of rotatable bonds is 7. The number of ether oxygens (including phenoxy) is 1. The van der Waals surface area contributed by atoms with Gasteiger partial charge < -0.3 is 10.1 Å². The van der Waals surface area contributed by atoms with Crippen molar-refractivity contribution >= 4 is 38.9 Å². The SMILES string of the molecule is COc1ccc(C)cc1NC(=O)CN(c1cccc(Cl)c1C)S(=O)(=O)c1ccc(C)cc1. The Hall–Kier alpha value is -3.03. The van der Waals surface area contributed by atoms with Gasteiger partial charge in [0.1, 0.15) is 12.3 Å². The minimum absolute atomic E-state index is 0.0865. The molecule has 0 radical (unpaired) electrons. The Morgan fingerprint density at radius 2 is 1.66 bits per heavy atom. The molecule has 0 fully saturated rings. The minimum atomic E-state index is -4.04. The Labute approximate surface area is 193 Å². The number of sulfonamides is 1. The van der Waals surface area contributed by atoms with Gasteiger partial charge in [0.05, 0.1) is 23.4 Å². The highest BCUT2D eigenvalue weighted by Gasteiger charge is 2.29. The molecule has 1 N–H and O–H groups in total. The number of nitrogens with one attached hydrogen (secondary N) is 1. The maximum absolute atomic E-state index is 13.6. The lowest BCUT2D eigenvalue weighted by Gasteiger charge is -2.26. The molecule has 0 bridgehead atoms. The van der Waals surface area contributed by atoms with Gasteiger partial charge >= 0.3 is 0 Å². The zero-order valence-corrected chi connectivity index (χ0v) is 19.9. The van der Waals surface area contributed by atoms with Crippen molar-refractivity contribution in [1.82, 2.24) is 0 Å². The first kappa shape index (κ1) is 23.6. The van der Waals surface area contributed by atoms with E-state index in [0.29, 0.717) is 27.7 Å². The maximum Gasteiger partial charge on any atom is 0.264 e. The molecule has 0 aliphatic carbocycles. The van der Waals surface area contributed by atoms with Gasteiger partial charge in [-0.05, 0) is 68.3 Å². The standard InChI is InChI=1S/C24H25ClN2O4S/c1-16-8-11-19(12-9-16)32(29,30)27(22-7-5-6-20(25)18(22)3)15-24(28)26-21-14-17(2)10-13-23(21)31-4/h5-14H,15H2,1-4H3,(H,26,28). The summed E-state index contributed by atoms with van der Waals surface area (Å²) in [6, 6.07) is 16.8. The van der Waals surface area contributed by atoms with Crippen molar-refractivity contribution in [3.8, 4) is 5.75 Å². The number of benzene rings is 3. The van der Waals surface area contributed by atoms with E-state index in [-0.39, 0.29) is 4.90 Å². The summed E-state index contributed by atoms with van der Waals surface area (Å²) in [4.78, 5) is 13.1. The van der Waals surface area contributed by atoms with Crippen molar-refractivity contribution in [2.75, 3.05) is 23.3 Å². The summed E-state index contributed by atoms with van der Waals surface area (Å²) >= 11 is 6.26. The lowest BCUT2D eigenvalue weighted by atomic mass is 10.2. The van der Waals surface area contributed by atoms with Crippen LogP contribution in [0.25, 0.3) is 0 Å². The molecule has 8 heteroatoms. The van der Waals surface area contributed by atoms with E-state index in [1.807, 2.05) is 19.9 Å². The summed E-state index contributed by atoms with van der Waals surface area (Å²) in [6.07, 6.45) is 0. The summed E-state index contributed by atoms with van der Waals surface area (Å²) in [5.74, 6) is -0.0280. The summed E-state index contributed by atoms with van der Waals surface area (Å²) in [7, 11) is -2.53. The van der Waals surface area contributed by atoms with Gasteiger partial charge in [0.25, 0.3) is 10.0 Å². The van der Waals surface area contributed by atoms with Crippen LogP contribution in [0.5, 0.6) is 5.75 Å². The Morgan fingerprint density at radius 3 is 2.31 bits per heavy atom. The summed E-state index contributed by atoms with van der Waals surface area (Å²) in [6.45, 7) is 5.04. The van der Waals surface area contributed by atoms with E-state index in [4.69, 9.17) is 16.3 Å². The monoisotopic (exact) mass is 472 g/mol. The van der Waals surface area contributed by atoms with Crippen LogP contribution in [-0.2, 0) is 14.8 Å². The number of aryl methyl sites for hydroxylation is 2. The molecule has 0 saturated carbocycles. The van der Waals surface area contributed by atoms with Crippen LogP contribution in [0.2, 0.25) is 5.02 Å². The first-order valence-corrected chi connectivity index (χ1v) is 11.7. The minimum Gasteiger partial charge on any atom is -0.495 e. The third-order valence-electron chi connectivity index (χ3n) is 5.03. The van der Waals surface area contributed by atoms with E-state index in [2.05, 4.69) is 5.32 Å². The summed E-state index contributed by atoms with van der Waals surface area (Å²) in [5, 5.41) is 3.18. The van der Waals surface area contributed by atoms with Gasteiger partial charge in [-0.1, -0.05) is 41.4 Å². The molecule has 168 valence electrons. The largest absolute Gasteiger partial charge is 0.495 e. The van der Waals surface area contributed by atoms with Crippen molar-refractivity contribution in [2.45, 2.75) is 25.7 Å². The van der Waals surface area contributed by atoms with E-state index < -0.39 is 22.5 Å². The van der Waals surface area contributed by atoms with E-state index in [0.717, 1.165) is 15.4 Å². The normalized spacial score (nSPS) is 11.2. The van der Waals surface area contributed by atoms with Crippen LogP contribution in [0.4, 0.5) is 11.4 Å². The topological polar surface area (TPSA) is 75.7 Å². The predicted molar refractivity (Wildman–Crippen MR) is 128 cm³/mol. The van der Waals surface area contributed by atoms with Crippen molar-refractivity contribution < 1.29 is 17.9 Å². The van der Waals surface area contributed by atoms with Crippen LogP contribution in [-0.4, -0.2) is 28.0 Å². The molecule has 0 heterocycles. The number of halogens is 1. The molecule has 0 atom stereocenters. The number of carbonyl (C=O) groups excluding carboxylic acids is 1. The van der Waals surface area contributed by atoms with Crippen LogP contribution >= 0.6 is 11.6 Å². The molecule has 0 aromatic heterocycles. The van der Waals surface area contributed by atoms with E-state index in [1.165, 1.54) is 19.2 Å². The second-order valence-corrected chi connectivity index (χ2v) is 9.73. The van der Waals surface area contributed by atoms with Crippen molar-refractivity contribution in [3.63, 3.8) is 0 Å². The number of anilines is 2. The zero-order chi connectivity index (χ0) is 23.5. The number of amides is 1. The van der Waals surface area contributed by atoms with Crippen molar-refractivity contribution in [3.05, 3.63) is 82.4 Å². The molecular weight excluding hydrogens is 448 g/mol. The van der Waals surface area contributed by atoms with Gasteiger partial charge in [0.2, 0.25) is 5.91 Å². The van der Waals surface area contributed by atoms with Gasteiger partial charge in [0, 0.05) is 5.02 Å². The van der Waals surface area contributed by atoms with Crippen LogP contribution in [0, 0.1) is 20.8 Å². The second-order valence-electron chi connectivity index (χ2n) is 7.46. The van der Waals surface area contributed by atoms with Gasteiger partial charge in [-0.15, -0.1) is 0 Å². The molecule has 0 aliphatic rings. The number of hydrogen-bond donors (Lipinski definition) is 1. The molecule has 0 unspecified atom stereocenters. The van der Waals surface area contributed by atoms with E-state index in [1.54, 1.807) is 49.4 Å². The molecule has 3 aromatic rings. The highest BCUT2D eigenvalue weighted by atomic mass is 35.5. The fourth-order valence-corrected chi connectivity index (χ4v) is 4.89. The molecule has 6 nitrogen and oxygen atoms in total. The first-order chi connectivity index (χ1) is 15.1. The van der Waals surface area contributed by atoms with Gasteiger partial charge in [-0.3, -0.25) is 9.10 Å². The highest BCUT2D eigenvalue weighted by molar-refractivity contribution is 7.92. The number of nitrogens with zero attached hydrogens (tertiary/aromatic N) is 1. The average molecular weight is 473 g/mol. The zero-order valence-electron chi connectivity index (χ0n) is 18.3. The van der Waals surface area contributed by atoms with Crippen LogP contribution < -0.4 is 14.4 Å². The number of hydrogen-bond acceptors (Lipinski definition) is 4. The lowest BCUT2D eigenvalue weighted by Crippen LogP contribution is -2.38. The van der Waals surface area contributed by atoms with Crippen molar-refractivity contribution in [2.24, 2.45) is 0 Å². The van der Waals surface area contributed by atoms with Gasteiger partial charge in [-0.2, -0.15) is 0 Å². The van der Waals surface area contributed by atoms with Crippen LogP contribution in [0.1, 0.15) is 16.7 Å². The lowest BCUT2D eigenvalue weighted by molar-refractivity contribution is -0.114. The summed E-state index contributed by atoms with van der Waals surface area (Å²) in [5.41, 5.74) is 3.22. The molecule has 1 amide bonds. The van der Waals surface area contributed by atoms with E-state index >= 15 is 0 Å². The molecule has 32 heavy (non-hydrogen) atoms. The number of methoxy groups -OCH3 is 1. The third-order valence-corrected chi connectivity index (χ3v) is 7.22. The quantitative estimate of drug-likeness (QED) is 0.518. The molecule has 0 spiro atoms. The van der Waals surface area contributed by atoms with Crippen molar-refractivity contribution in [1.29, 1.82) is 0 Å². The van der Waals surface area contributed by atoms with Crippen LogP contribution in [0.3, 0.4) is 0 Å². The fraction of sp³-hybridized carbons (Fsp3) is 0.208. The molecular formula is C24H25ClN2O4S. The predicted octanol–water partition coefficient (Wildman–Crippen LogP) is 5.11. The Morgan fingerprint density at radius 1 is 1.00 bits per heavy atom. The Balaban J connectivity index is 2.02.